The van der Waals surface area contributed by atoms with Crippen LogP contribution in [0.4, 0.5) is 0 Å². The monoisotopic (exact) mass is 404 g/mol. The van der Waals surface area contributed by atoms with E-state index >= 15 is 0 Å². The van der Waals surface area contributed by atoms with Gasteiger partial charge in [-0.25, -0.2) is 0 Å². The number of pyridine rings is 1. The maximum Gasteiger partial charge on any atom is 0.255 e. The number of aromatic nitrogens is 1. The molecule has 2 aromatic carbocycles. The third kappa shape index (κ3) is 5.11. The molecule has 0 spiro atoms. The Balaban J connectivity index is 1.37. The zero-order valence-electron chi connectivity index (χ0n) is 18.0. The summed E-state index contributed by atoms with van der Waals surface area (Å²) in [5.74, 6) is 1.52. The minimum absolute atomic E-state index is 0.0526. The van der Waals surface area contributed by atoms with E-state index in [1.54, 1.807) is 6.20 Å². The van der Waals surface area contributed by atoms with Gasteiger partial charge in [0.2, 0.25) is 0 Å². The molecule has 1 aliphatic carbocycles. The molecule has 0 bridgehead atoms. The third-order valence-corrected chi connectivity index (χ3v) is 6.04. The second kappa shape index (κ2) is 9.48. The Morgan fingerprint density at radius 2 is 1.80 bits per heavy atom. The number of rotatable bonds is 7. The highest BCUT2D eigenvalue weighted by molar-refractivity contribution is 5.82. The van der Waals surface area contributed by atoms with Crippen LogP contribution in [-0.4, -0.2) is 28.6 Å². The van der Waals surface area contributed by atoms with E-state index in [1.165, 1.54) is 5.56 Å². The normalized spacial score (nSPS) is 19.5. The van der Waals surface area contributed by atoms with Gasteiger partial charge in [-0.1, -0.05) is 44.2 Å². The van der Waals surface area contributed by atoms with Crippen molar-refractivity contribution in [3.63, 3.8) is 0 Å². The predicted octanol–water partition coefficient (Wildman–Crippen LogP) is 5.38. The molecule has 0 radical (unpaired) electrons. The summed E-state index contributed by atoms with van der Waals surface area (Å²) in [6, 6.07) is 19.1. The summed E-state index contributed by atoms with van der Waals surface area (Å²) in [6.07, 6.45) is 6.41. The number of benzene rings is 2. The summed E-state index contributed by atoms with van der Waals surface area (Å²) in [7, 11) is 0. The molecule has 158 valence electrons. The fourth-order valence-corrected chi connectivity index (χ4v) is 4.59. The molecule has 3 aromatic rings. The van der Waals surface area contributed by atoms with E-state index in [1.807, 2.05) is 24.3 Å². The van der Waals surface area contributed by atoms with Gasteiger partial charge < -0.3 is 9.72 Å². The van der Waals surface area contributed by atoms with E-state index in [0.717, 1.165) is 49.9 Å². The fraction of sp³-hybridized carbons (Fsp3) is 0.423. The van der Waals surface area contributed by atoms with Crippen LogP contribution in [0.25, 0.3) is 10.8 Å². The van der Waals surface area contributed by atoms with E-state index in [-0.39, 0.29) is 11.7 Å². The van der Waals surface area contributed by atoms with Crippen molar-refractivity contribution >= 4 is 10.8 Å². The molecule has 1 N–H and O–H groups in total. The summed E-state index contributed by atoms with van der Waals surface area (Å²) < 4.78 is 6.30. The van der Waals surface area contributed by atoms with E-state index in [4.69, 9.17) is 4.74 Å². The lowest BCUT2D eigenvalue weighted by Gasteiger charge is -2.38. The first kappa shape index (κ1) is 20.7. The zero-order valence-corrected chi connectivity index (χ0v) is 18.0. The summed E-state index contributed by atoms with van der Waals surface area (Å²) in [5.41, 5.74) is 1.34. The molecule has 1 fully saturated rings. The molecule has 4 heteroatoms. The van der Waals surface area contributed by atoms with Crippen molar-refractivity contribution in [1.82, 2.24) is 9.88 Å². The van der Waals surface area contributed by atoms with Crippen molar-refractivity contribution in [2.24, 2.45) is 5.92 Å². The molecular weight excluding hydrogens is 372 g/mol. The Morgan fingerprint density at radius 1 is 1.03 bits per heavy atom. The number of nitrogens with zero attached hydrogens (tertiary/aromatic N) is 1. The molecule has 0 aliphatic heterocycles. The van der Waals surface area contributed by atoms with Gasteiger partial charge >= 0.3 is 0 Å². The minimum Gasteiger partial charge on any atom is -0.490 e. The first-order valence-corrected chi connectivity index (χ1v) is 11.1. The summed E-state index contributed by atoms with van der Waals surface area (Å²) in [4.78, 5) is 17.3. The van der Waals surface area contributed by atoms with Crippen molar-refractivity contribution in [2.75, 3.05) is 6.54 Å². The van der Waals surface area contributed by atoms with E-state index in [2.05, 4.69) is 54.1 Å². The highest BCUT2D eigenvalue weighted by atomic mass is 16.5. The zero-order chi connectivity index (χ0) is 20.9. The molecule has 4 rings (SSSR count). The Kier molecular flexibility index (Phi) is 6.53. The van der Waals surface area contributed by atoms with Crippen molar-refractivity contribution in [1.29, 1.82) is 0 Å². The maximum absolute atomic E-state index is 11.9. The molecular formula is C26H32N2O2. The van der Waals surface area contributed by atoms with Gasteiger partial charge in [0.05, 0.1) is 6.10 Å². The van der Waals surface area contributed by atoms with Gasteiger partial charge in [-0.3, -0.25) is 9.69 Å². The SMILES string of the molecule is CC(C)CN(Cc1ccccc1)[C@H]1CC[C@H](Oc2ccc3c(=O)[nH]ccc3c2)CC1. The number of H-pyrrole nitrogens is 1. The Morgan fingerprint density at radius 3 is 2.53 bits per heavy atom. The van der Waals surface area contributed by atoms with Crippen molar-refractivity contribution in [2.45, 2.75) is 58.2 Å². The van der Waals surface area contributed by atoms with Crippen LogP contribution < -0.4 is 10.3 Å². The van der Waals surface area contributed by atoms with Crippen LogP contribution in [0.5, 0.6) is 5.75 Å². The van der Waals surface area contributed by atoms with Crippen LogP contribution in [0.3, 0.4) is 0 Å². The van der Waals surface area contributed by atoms with E-state index in [9.17, 15) is 4.79 Å². The van der Waals surface area contributed by atoms with Crippen LogP contribution >= 0.6 is 0 Å². The van der Waals surface area contributed by atoms with Crippen LogP contribution in [-0.2, 0) is 6.54 Å². The van der Waals surface area contributed by atoms with E-state index < -0.39 is 0 Å². The van der Waals surface area contributed by atoms with Crippen LogP contribution in [0.1, 0.15) is 45.1 Å². The molecule has 4 nitrogen and oxygen atoms in total. The lowest BCUT2D eigenvalue weighted by atomic mass is 9.91. The minimum atomic E-state index is -0.0526. The van der Waals surface area contributed by atoms with Crippen molar-refractivity contribution in [3.05, 3.63) is 76.7 Å². The topological polar surface area (TPSA) is 45.3 Å². The second-order valence-electron chi connectivity index (χ2n) is 8.91. The molecule has 0 unspecified atom stereocenters. The standard InChI is InChI=1S/C26H32N2O2/c1-19(2)17-28(18-20-6-4-3-5-7-20)22-8-10-23(11-9-22)30-24-12-13-25-21(16-24)14-15-27-26(25)29/h3-7,12-16,19,22-23H,8-11,17-18H2,1-2H3,(H,27,29)/t22-,23-. The fourth-order valence-electron chi connectivity index (χ4n) is 4.59. The average Bonchev–Trinajstić information content (AvgIpc) is 2.74. The summed E-state index contributed by atoms with van der Waals surface area (Å²) >= 11 is 0. The van der Waals surface area contributed by atoms with E-state index in [0.29, 0.717) is 17.3 Å². The number of hydrogen-bond donors (Lipinski definition) is 1. The van der Waals surface area contributed by atoms with Gasteiger partial charge in [-0.2, -0.15) is 0 Å². The molecule has 1 heterocycles. The molecule has 30 heavy (non-hydrogen) atoms. The molecule has 0 saturated heterocycles. The van der Waals surface area contributed by atoms with Crippen molar-refractivity contribution in [3.8, 4) is 5.75 Å². The van der Waals surface area contributed by atoms with Crippen molar-refractivity contribution < 1.29 is 4.74 Å². The van der Waals surface area contributed by atoms with Crippen LogP contribution in [0.15, 0.2) is 65.6 Å². The predicted molar refractivity (Wildman–Crippen MR) is 123 cm³/mol. The highest BCUT2D eigenvalue weighted by Gasteiger charge is 2.27. The van der Waals surface area contributed by atoms with Gasteiger partial charge in [0.25, 0.3) is 5.56 Å². The number of aromatic amines is 1. The number of ether oxygens (including phenoxy) is 1. The Bertz CT molecular complexity index is 1000. The number of nitrogens with one attached hydrogen (secondary N) is 1. The highest BCUT2D eigenvalue weighted by Crippen LogP contribution is 2.29. The largest absolute Gasteiger partial charge is 0.490 e. The third-order valence-electron chi connectivity index (χ3n) is 6.04. The summed E-state index contributed by atoms with van der Waals surface area (Å²) in [6.45, 7) is 6.76. The smallest absolute Gasteiger partial charge is 0.255 e. The lowest BCUT2D eigenvalue weighted by Crippen LogP contribution is -2.41. The molecule has 1 aromatic heterocycles. The van der Waals surface area contributed by atoms with Gasteiger partial charge in [0.1, 0.15) is 5.75 Å². The lowest BCUT2D eigenvalue weighted by molar-refractivity contribution is 0.0770. The Labute approximate surface area is 178 Å². The summed E-state index contributed by atoms with van der Waals surface area (Å²) in [5, 5.41) is 1.63. The molecule has 0 amide bonds. The van der Waals surface area contributed by atoms with Gasteiger partial charge in [0.15, 0.2) is 0 Å². The first-order valence-electron chi connectivity index (χ1n) is 11.1. The Hall–Kier alpha value is -2.59. The quantitative estimate of drug-likeness (QED) is 0.575. The van der Waals surface area contributed by atoms with Crippen LogP contribution in [0, 0.1) is 5.92 Å². The maximum atomic E-state index is 11.9. The average molecular weight is 405 g/mol. The molecule has 0 atom stereocenters. The second-order valence-corrected chi connectivity index (χ2v) is 8.91. The van der Waals surface area contributed by atoms with Crippen LogP contribution in [0.2, 0.25) is 0 Å². The molecule has 1 aliphatic rings. The van der Waals surface area contributed by atoms with Gasteiger partial charge in [-0.15, -0.1) is 0 Å². The first-order chi connectivity index (χ1) is 14.6. The number of hydrogen-bond acceptors (Lipinski definition) is 3. The van der Waals surface area contributed by atoms with Gasteiger partial charge in [-0.05, 0) is 66.8 Å². The molecule has 1 saturated carbocycles. The number of fused-ring (bicyclic) bond motifs is 1. The van der Waals surface area contributed by atoms with Gasteiger partial charge in [0, 0.05) is 30.7 Å².